The molecule has 1 heterocycles. The van der Waals surface area contributed by atoms with E-state index in [0.717, 1.165) is 0 Å². The van der Waals surface area contributed by atoms with Gasteiger partial charge in [-0.2, -0.15) is 0 Å². The van der Waals surface area contributed by atoms with Crippen molar-refractivity contribution in [3.05, 3.63) is 35.1 Å². The van der Waals surface area contributed by atoms with Gasteiger partial charge in [0, 0.05) is 11.8 Å². The first kappa shape index (κ1) is 15.3. The van der Waals surface area contributed by atoms with Crippen molar-refractivity contribution < 1.29 is 17.9 Å². The first-order valence-electron chi connectivity index (χ1n) is 5.48. The Labute approximate surface area is 125 Å². The Balaban J connectivity index is 2.16. The molecule has 112 valence electrons. The molecule has 2 rings (SSSR count). The van der Waals surface area contributed by atoms with E-state index >= 15 is 0 Å². The Hall–Kier alpha value is -2.07. The number of nitrogens with one attached hydrogen (secondary N) is 2. The van der Waals surface area contributed by atoms with Crippen molar-refractivity contribution in [3.8, 4) is 5.75 Å². The van der Waals surface area contributed by atoms with E-state index in [4.69, 9.17) is 5.84 Å². The monoisotopic (exact) mass is 363 g/mol. The molecule has 6 nitrogen and oxygen atoms in total. The second kappa shape index (κ2) is 6.14. The van der Waals surface area contributed by atoms with Gasteiger partial charge in [0.25, 0.3) is 0 Å². The molecule has 0 aliphatic rings. The highest BCUT2D eigenvalue weighted by Crippen LogP contribution is 2.33. The first-order chi connectivity index (χ1) is 9.87. The summed E-state index contributed by atoms with van der Waals surface area (Å²) >= 11 is 3.01. The number of alkyl halides is 3. The molecule has 0 saturated heterocycles. The number of hydrazine groups is 1. The van der Waals surface area contributed by atoms with Crippen LogP contribution in [0.3, 0.4) is 0 Å². The molecule has 21 heavy (non-hydrogen) atoms. The maximum absolute atomic E-state index is 12.2. The highest BCUT2D eigenvalue weighted by Gasteiger charge is 2.31. The van der Waals surface area contributed by atoms with Gasteiger partial charge in [-0.1, -0.05) is 0 Å². The molecule has 10 heteroatoms. The molecule has 0 amide bonds. The van der Waals surface area contributed by atoms with Gasteiger partial charge in [-0.05, 0) is 34.1 Å². The van der Waals surface area contributed by atoms with Crippen molar-refractivity contribution in [1.82, 2.24) is 9.97 Å². The predicted octanol–water partition coefficient (Wildman–Crippen LogP) is 3.17. The molecule has 0 aliphatic heterocycles. The average molecular weight is 364 g/mol. The van der Waals surface area contributed by atoms with Gasteiger partial charge in [-0.15, -0.1) is 13.2 Å². The number of aromatic nitrogens is 2. The maximum atomic E-state index is 12.2. The molecule has 4 N–H and O–H groups in total. The zero-order valence-electron chi connectivity index (χ0n) is 10.3. The number of ether oxygens (including phenoxy) is 1. The van der Waals surface area contributed by atoms with Crippen molar-refractivity contribution in [2.75, 3.05) is 10.7 Å². The lowest BCUT2D eigenvalue weighted by atomic mass is 10.3. The largest absolute Gasteiger partial charge is 0.573 e. The smallest absolute Gasteiger partial charge is 0.405 e. The van der Waals surface area contributed by atoms with Crippen LogP contribution in [0.15, 0.2) is 35.1 Å². The number of nitrogens with two attached hydrogens (primary N) is 1. The van der Waals surface area contributed by atoms with Crippen molar-refractivity contribution >= 4 is 33.3 Å². The molecule has 0 spiro atoms. The number of hydrogen-bond donors (Lipinski definition) is 3. The fourth-order valence-electron chi connectivity index (χ4n) is 1.44. The summed E-state index contributed by atoms with van der Waals surface area (Å²) in [6.07, 6.45) is -3.46. The van der Waals surface area contributed by atoms with Gasteiger partial charge in [-0.3, -0.25) is 0 Å². The zero-order chi connectivity index (χ0) is 15.5. The number of benzene rings is 1. The minimum absolute atomic E-state index is 0.149. The van der Waals surface area contributed by atoms with E-state index in [2.05, 4.69) is 41.4 Å². The summed E-state index contributed by atoms with van der Waals surface area (Å²) in [7, 11) is 0. The number of hydrogen-bond acceptors (Lipinski definition) is 6. The minimum atomic E-state index is -4.74. The van der Waals surface area contributed by atoms with Gasteiger partial charge in [0.15, 0.2) is 0 Å². The molecule has 0 fully saturated rings. The maximum Gasteiger partial charge on any atom is 0.573 e. The molecule has 2 aromatic rings. The van der Waals surface area contributed by atoms with Crippen LogP contribution in [-0.2, 0) is 0 Å². The Morgan fingerprint density at radius 3 is 2.48 bits per heavy atom. The Kier molecular flexibility index (Phi) is 4.48. The van der Waals surface area contributed by atoms with Gasteiger partial charge >= 0.3 is 6.36 Å². The number of nitrogens with zero attached hydrogens (tertiary/aromatic N) is 2. The second-order valence-electron chi connectivity index (χ2n) is 3.75. The van der Waals surface area contributed by atoms with Gasteiger partial charge < -0.3 is 15.5 Å². The van der Waals surface area contributed by atoms with Crippen LogP contribution >= 0.6 is 15.9 Å². The Bertz CT molecular complexity index is 637. The topological polar surface area (TPSA) is 85.1 Å². The van der Waals surface area contributed by atoms with E-state index in [1.165, 1.54) is 30.6 Å². The summed E-state index contributed by atoms with van der Waals surface area (Å²) < 4.78 is 40.5. The van der Waals surface area contributed by atoms with Gasteiger partial charge in [0.1, 0.15) is 23.7 Å². The third-order valence-electron chi connectivity index (χ3n) is 2.24. The summed E-state index contributed by atoms with van der Waals surface area (Å²) in [4.78, 5) is 7.78. The standard InChI is InChI=1S/C11H9BrF3N5O/c12-7-3-6(1-2-8(7)21-11(13,14)15)19-9-4-10(20-16)18-5-17-9/h1-5H,16H2,(H2,17,18,19,20). The number of halogens is 4. The lowest BCUT2D eigenvalue weighted by Crippen LogP contribution is -2.17. The highest BCUT2D eigenvalue weighted by atomic mass is 79.9. The molecular weight excluding hydrogens is 355 g/mol. The average Bonchev–Trinajstić information content (AvgIpc) is 2.41. The van der Waals surface area contributed by atoms with Crippen molar-refractivity contribution in [1.29, 1.82) is 0 Å². The van der Waals surface area contributed by atoms with Crippen molar-refractivity contribution in [2.45, 2.75) is 6.36 Å². The first-order valence-corrected chi connectivity index (χ1v) is 6.27. The zero-order valence-corrected chi connectivity index (χ0v) is 11.9. The summed E-state index contributed by atoms with van der Waals surface area (Å²) in [5.74, 6) is 5.70. The molecule has 0 bridgehead atoms. The molecule has 1 aromatic carbocycles. The van der Waals surface area contributed by atoms with Crippen molar-refractivity contribution in [2.24, 2.45) is 5.84 Å². The van der Waals surface area contributed by atoms with Gasteiger partial charge in [0.05, 0.1) is 4.47 Å². The molecule has 1 aromatic heterocycles. The van der Waals surface area contributed by atoms with Crippen LogP contribution in [0.25, 0.3) is 0 Å². The third kappa shape index (κ3) is 4.46. The van der Waals surface area contributed by atoms with Crippen LogP contribution in [0.1, 0.15) is 0 Å². The van der Waals surface area contributed by atoms with Crippen LogP contribution in [-0.4, -0.2) is 16.3 Å². The number of anilines is 3. The number of nitrogen functional groups attached to an aromatic ring is 1. The van der Waals surface area contributed by atoms with Crippen LogP contribution in [0, 0.1) is 0 Å². The van der Waals surface area contributed by atoms with Crippen molar-refractivity contribution in [3.63, 3.8) is 0 Å². The molecule has 0 unspecified atom stereocenters. The fraction of sp³-hybridized carbons (Fsp3) is 0.0909. The number of rotatable bonds is 4. The van der Waals surface area contributed by atoms with E-state index in [1.807, 2.05) is 0 Å². The summed E-state index contributed by atoms with van der Waals surface area (Å²) in [5, 5.41) is 2.90. The van der Waals surface area contributed by atoms with Crippen LogP contribution in [0.4, 0.5) is 30.5 Å². The van der Waals surface area contributed by atoms with Gasteiger partial charge in [-0.25, -0.2) is 15.8 Å². The lowest BCUT2D eigenvalue weighted by Gasteiger charge is -2.12. The summed E-state index contributed by atoms with van der Waals surface area (Å²) in [5.41, 5.74) is 2.87. The predicted molar refractivity (Wildman–Crippen MR) is 73.9 cm³/mol. The van der Waals surface area contributed by atoms with E-state index < -0.39 is 6.36 Å². The van der Waals surface area contributed by atoms with E-state index in [1.54, 1.807) is 0 Å². The van der Waals surface area contributed by atoms with E-state index in [-0.39, 0.29) is 10.2 Å². The molecular formula is C11H9BrF3N5O. The Morgan fingerprint density at radius 2 is 1.86 bits per heavy atom. The molecule has 0 atom stereocenters. The fourth-order valence-corrected chi connectivity index (χ4v) is 1.90. The Morgan fingerprint density at radius 1 is 1.14 bits per heavy atom. The second-order valence-corrected chi connectivity index (χ2v) is 4.61. The van der Waals surface area contributed by atoms with E-state index in [9.17, 15) is 13.2 Å². The van der Waals surface area contributed by atoms with Crippen LogP contribution in [0.2, 0.25) is 0 Å². The lowest BCUT2D eigenvalue weighted by molar-refractivity contribution is -0.274. The van der Waals surface area contributed by atoms with Gasteiger partial charge in [0.2, 0.25) is 0 Å². The highest BCUT2D eigenvalue weighted by molar-refractivity contribution is 9.10. The van der Waals surface area contributed by atoms with Crippen LogP contribution in [0.5, 0.6) is 5.75 Å². The quantitative estimate of drug-likeness (QED) is 0.571. The minimum Gasteiger partial charge on any atom is -0.405 e. The molecule has 0 saturated carbocycles. The summed E-state index contributed by atoms with van der Waals surface area (Å²) in [6, 6.07) is 5.57. The SMILES string of the molecule is NNc1cc(Nc2ccc(OC(F)(F)F)c(Br)c2)ncn1. The normalized spacial score (nSPS) is 11.1. The molecule has 0 radical (unpaired) electrons. The van der Waals surface area contributed by atoms with E-state index in [0.29, 0.717) is 17.3 Å². The molecule has 0 aliphatic carbocycles. The third-order valence-corrected chi connectivity index (χ3v) is 2.86. The van der Waals surface area contributed by atoms with Crippen LogP contribution < -0.4 is 21.3 Å². The summed E-state index contributed by atoms with van der Waals surface area (Å²) in [6.45, 7) is 0.